The molecule has 144 valence electrons. The van der Waals surface area contributed by atoms with Crippen molar-refractivity contribution >= 4 is 17.0 Å². The van der Waals surface area contributed by atoms with Crippen LogP contribution in [0.4, 0.5) is 10.3 Å². The minimum atomic E-state index is -0.529. The third-order valence-corrected chi connectivity index (χ3v) is 4.95. The summed E-state index contributed by atoms with van der Waals surface area (Å²) in [4.78, 5) is 19.9. The number of fused-ring (bicyclic) bond motifs is 1. The Hall–Kier alpha value is -3.25. The van der Waals surface area contributed by atoms with Crippen LogP contribution in [0, 0.1) is 17.1 Å². The van der Waals surface area contributed by atoms with E-state index < -0.39 is 5.82 Å². The van der Waals surface area contributed by atoms with Crippen molar-refractivity contribution in [1.82, 2.24) is 24.6 Å². The molecule has 8 nitrogen and oxygen atoms in total. The largest absolute Gasteiger partial charge is 0.340 e. The highest BCUT2D eigenvalue weighted by molar-refractivity contribution is 5.77. The van der Waals surface area contributed by atoms with Crippen LogP contribution in [0.5, 0.6) is 0 Å². The van der Waals surface area contributed by atoms with Crippen LogP contribution in [-0.4, -0.2) is 45.5 Å². The fourth-order valence-corrected chi connectivity index (χ4v) is 3.50. The topological polar surface area (TPSA) is 91.8 Å². The van der Waals surface area contributed by atoms with E-state index in [1.807, 2.05) is 17.6 Å². The number of nitriles is 1. The van der Waals surface area contributed by atoms with Crippen LogP contribution in [0.25, 0.3) is 11.0 Å². The summed E-state index contributed by atoms with van der Waals surface area (Å²) < 4.78 is 17.4. The van der Waals surface area contributed by atoms with Gasteiger partial charge in [0.25, 0.3) is 5.56 Å². The number of hydrogen-bond donors (Lipinski definition) is 1. The molecule has 0 bridgehead atoms. The normalized spacial score (nSPS) is 14.4. The van der Waals surface area contributed by atoms with Crippen molar-refractivity contribution in [2.24, 2.45) is 0 Å². The van der Waals surface area contributed by atoms with Crippen LogP contribution < -0.4 is 15.8 Å². The van der Waals surface area contributed by atoms with Crippen LogP contribution in [-0.2, 0) is 13.1 Å². The molecule has 0 atom stereocenters. The molecule has 9 heteroatoms. The summed E-state index contributed by atoms with van der Waals surface area (Å²) in [5.74, 6) is 0.235. The van der Waals surface area contributed by atoms with E-state index in [2.05, 4.69) is 20.3 Å². The minimum Gasteiger partial charge on any atom is -0.340 e. The number of nitrogens with zero attached hydrogens (tertiary/aromatic N) is 6. The van der Waals surface area contributed by atoms with Crippen LogP contribution in [0.3, 0.4) is 0 Å². The Morgan fingerprint density at radius 1 is 1.32 bits per heavy atom. The van der Waals surface area contributed by atoms with Crippen molar-refractivity contribution in [3.8, 4) is 6.07 Å². The number of rotatable bonds is 4. The summed E-state index contributed by atoms with van der Waals surface area (Å²) in [6.45, 7) is 5.94. The number of anilines is 1. The smallest absolute Gasteiger partial charge is 0.293 e. The highest BCUT2D eigenvalue weighted by Crippen LogP contribution is 2.20. The van der Waals surface area contributed by atoms with Gasteiger partial charge in [0.05, 0.1) is 24.4 Å². The number of benzene rings is 1. The first-order valence-corrected chi connectivity index (χ1v) is 9.23. The zero-order chi connectivity index (χ0) is 19.7. The number of nitrogens with one attached hydrogen (secondary N) is 1. The molecular formula is C19H20FN7O. The summed E-state index contributed by atoms with van der Waals surface area (Å²) in [6.07, 6.45) is 1.55. The zero-order valence-electron chi connectivity index (χ0n) is 15.5. The second-order valence-corrected chi connectivity index (χ2v) is 6.65. The first kappa shape index (κ1) is 18.1. The summed E-state index contributed by atoms with van der Waals surface area (Å²) >= 11 is 0. The molecular weight excluding hydrogens is 361 g/mol. The van der Waals surface area contributed by atoms with Gasteiger partial charge in [-0.3, -0.25) is 4.79 Å². The van der Waals surface area contributed by atoms with E-state index in [1.54, 1.807) is 6.20 Å². The van der Waals surface area contributed by atoms with Gasteiger partial charge < -0.3 is 14.8 Å². The Bertz CT molecular complexity index is 1120. The predicted octanol–water partition coefficient (Wildman–Crippen LogP) is 1.08. The number of imidazole rings is 1. The first-order chi connectivity index (χ1) is 13.6. The summed E-state index contributed by atoms with van der Waals surface area (Å²) in [5.41, 5.74) is 1.24. The third-order valence-electron chi connectivity index (χ3n) is 4.95. The highest BCUT2D eigenvalue weighted by Gasteiger charge is 2.21. The van der Waals surface area contributed by atoms with Crippen molar-refractivity contribution in [1.29, 1.82) is 5.26 Å². The van der Waals surface area contributed by atoms with E-state index in [9.17, 15) is 9.18 Å². The van der Waals surface area contributed by atoms with Crippen LogP contribution in [0.2, 0.25) is 0 Å². The van der Waals surface area contributed by atoms with Crippen molar-refractivity contribution in [3.63, 3.8) is 0 Å². The van der Waals surface area contributed by atoms with Crippen molar-refractivity contribution in [2.45, 2.75) is 20.0 Å². The average Bonchev–Trinajstić information content (AvgIpc) is 3.11. The molecule has 4 rings (SSSR count). The molecule has 0 aliphatic carbocycles. The maximum atomic E-state index is 14.2. The molecule has 28 heavy (non-hydrogen) atoms. The average molecular weight is 381 g/mol. The second kappa shape index (κ2) is 7.40. The molecule has 2 aromatic heterocycles. The van der Waals surface area contributed by atoms with Gasteiger partial charge in [0, 0.05) is 38.3 Å². The van der Waals surface area contributed by atoms with Gasteiger partial charge in [-0.25, -0.2) is 14.1 Å². The molecule has 1 aliphatic rings. The van der Waals surface area contributed by atoms with E-state index >= 15 is 0 Å². The maximum Gasteiger partial charge on any atom is 0.293 e. The van der Waals surface area contributed by atoms with Gasteiger partial charge in [0.2, 0.25) is 5.95 Å². The SMILES string of the molecule is CCn1c(N2CCNCC2)nc2cnn(Cc3ccc(C#N)cc3F)c(=O)c21. The van der Waals surface area contributed by atoms with E-state index in [4.69, 9.17) is 5.26 Å². The maximum absolute atomic E-state index is 14.2. The lowest BCUT2D eigenvalue weighted by molar-refractivity contribution is 0.567. The predicted molar refractivity (Wildman–Crippen MR) is 103 cm³/mol. The van der Waals surface area contributed by atoms with E-state index in [0.717, 1.165) is 38.2 Å². The molecule has 1 aromatic carbocycles. The van der Waals surface area contributed by atoms with Crippen molar-refractivity contribution in [3.05, 3.63) is 51.7 Å². The Kier molecular flexibility index (Phi) is 4.79. The van der Waals surface area contributed by atoms with E-state index in [0.29, 0.717) is 23.1 Å². The molecule has 3 aromatic rings. The molecule has 0 radical (unpaired) electrons. The lowest BCUT2D eigenvalue weighted by Crippen LogP contribution is -2.44. The Balaban J connectivity index is 1.76. The van der Waals surface area contributed by atoms with Gasteiger partial charge in [0.1, 0.15) is 16.9 Å². The van der Waals surface area contributed by atoms with E-state index in [1.165, 1.54) is 16.8 Å². The second-order valence-electron chi connectivity index (χ2n) is 6.65. The first-order valence-electron chi connectivity index (χ1n) is 9.23. The van der Waals surface area contributed by atoms with Crippen LogP contribution >= 0.6 is 0 Å². The summed E-state index contributed by atoms with van der Waals surface area (Å²) in [7, 11) is 0. The van der Waals surface area contributed by atoms with Crippen LogP contribution in [0.1, 0.15) is 18.1 Å². The zero-order valence-corrected chi connectivity index (χ0v) is 15.5. The lowest BCUT2D eigenvalue weighted by Gasteiger charge is -2.28. The minimum absolute atomic E-state index is 0.00974. The molecule has 0 unspecified atom stereocenters. The quantitative estimate of drug-likeness (QED) is 0.727. The van der Waals surface area contributed by atoms with Crippen molar-refractivity contribution in [2.75, 3.05) is 31.1 Å². The standard InChI is InChI=1S/C19H20FN7O/c1-2-26-17-16(24-19(26)25-7-5-22-6-8-25)11-23-27(18(17)28)12-14-4-3-13(10-21)9-15(14)20/h3-4,9,11,22H,2,5-8,12H2,1H3. The van der Waals surface area contributed by atoms with Gasteiger partial charge in [-0.05, 0) is 19.1 Å². The molecule has 0 amide bonds. The third kappa shape index (κ3) is 3.12. The van der Waals surface area contributed by atoms with Crippen LogP contribution in [0.15, 0.2) is 29.2 Å². The summed E-state index contributed by atoms with van der Waals surface area (Å²) in [5, 5.41) is 16.4. The highest BCUT2D eigenvalue weighted by atomic mass is 19.1. The number of aromatic nitrogens is 4. The molecule has 1 N–H and O–H groups in total. The monoisotopic (exact) mass is 381 g/mol. The van der Waals surface area contributed by atoms with Crippen molar-refractivity contribution < 1.29 is 4.39 Å². The van der Waals surface area contributed by atoms with E-state index in [-0.39, 0.29) is 17.7 Å². The Morgan fingerprint density at radius 2 is 2.11 bits per heavy atom. The van der Waals surface area contributed by atoms with Gasteiger partial charge in [-0.2, -0.15) is 10.4 Å². The summed E-state index contributed by atoms with van der Waals surface area (Å²) in [6, 6.07) is 6.10. The molecule has 0 saturated carbocycles. The molecule has 1 saturated heterocycles. The molecule has 1 aliphatic heterocycles. The molecule has 0 spiro atoms. The van der Waals surface area contributed by atoms with Gasteiger partial charge >= 0.3 is 0 Å². The van der Waals surface area contributed by atoms with Gasteiger partial charge in [-0.1, -0.05) is 6.07 Å². The van der Waals surface area contributed by atoms with Gasteiger partial charge in [0.15, 0.2) is 0 Å². The molecule has 3 heterocycles. The number of piperazine rings is 1. The molecule has 1 fully saturated rings. The number of aryl methyl sites for hydroxylation is 1. The fourth-order valence-electron chi connectivity index (χ4n) is 3.50. The fraction of sp³-hybridized carbons (Fsp3) is 0.368. The number of hydrogen-bond acceptors (Lipinski definition) is 6. The van der Waals surface area contributed by atoms with Gasteiger partial charge in [-0.15, -0.1) is 0 Å². The number of halogens is 1. The Morgan fingerprint density at radius 3 is 2.79 bits per heavy atom. The lowest BCUT2D eigenvalue weighted by atomic mass is 10.1. The Labute approximate surface area is 160 Å².